The van der Waals surface area contributed by atoms with E-state index in [1.54, 1.807) is 36.4 Å². The van der Waals surface area contributed by atoms with Crippen LogP contribution in [-0.4, -0.2) is 33.7 Å². The van der Waals surface area contributed by atoms with Gasteiger partial charge in [-0.15, -0.1) is 0 Å². The van der Waals surface area contributed by atoms with E-state index in [4.69, 9.17) is 4.74 Å². The summed E-state index contributed by atoms with van der Waals surface area (Å²) >= 11 is 0. The van der Waals surface area contributed by atoms with Gasteiger partial charge >= 0.3 is 0 Å². The minimum atomic E-state index is -3.34. The third kappa shape index (κ3) is 4.96. The number of carbonyl (C=O) groups is 1. The van der Waals surface area contributed by atoms with Crippen molar-refractivity contribution in [2.24, 2.45) is 0 Å². The van der Waals surface area contributed by atoms with E-state index in [1.165, 1.54) is 7.05 Å². The summed E-state index contributed by atoms with van der Waals surface area (Å²) < 4.78 is 29.9. The van der Waals surface area contributed by atoms with Gasteiger partial charge in [0.2, 0.25) is 10.0 Å². The molecule has 0 aliphatic rings. The van der Waals surface area contributed by atoms with E-state index in [0.717, 1.165) is 10.6 Å². The third-order valence-electron chi connectivity index (χ3n) is 3.49. The van der Waals surface area contributed by atoms with Crippen LogP contribution in [0.3, 0.4) is 0 Å². The van der Waals surface area contributed by atoms with Crippen LogP contribution in [0.5, 0.6) is 5.75 Å². The Morgan fingerprint density at radius 2 is 1.68 bits per heavy atom. The second kappa shape index (κ2) is 7.57. The lowest BCUT2D eigenvalue weighted by Gasteiger charge is -2.17. The largest absolute Gasteiger partial charge is 0.489 e. The molecule has 0 fully saturated rings. The predicted octanol–water partition coefficient (Wildman–Crippen LogP) is 3.12. The topological polar surface area (TPSA) is 75.7 Å². The van der Waals surface area contributed by atoms with Crippen LogP contribution in [0.25, 0.3) is 0 Å². The number of nitrogens with one attached hydrogen (secondary N) is 1. The quantitative estimate of drug-likeness (QED) is 0.857. The van der Waals surface area contributed by atoms with Crippen LogP contribution < -0.4 is 14.4 Å². The van der Waals surface area contributed by atoms with Crippen LogP contribution in [0, 0.1) is 0 Å². The Kier molecular flexibility index (Phi) is 5.69. The highest BCUT2D eigenvalue weighted by Gasteiger charge is 2.14. The number of sulfonamides is 1. The van der Waals surface area contributed by atoms with Gasteiger partial charge in [-0.25, -0.2) is 8.42 Å². The SMILES string of the molecule is CC(C)Oc1ccccc1NC(=O)c1ccc(N(C)S(C)(=O)=O)cc1. The molecule has 0 unspecified atom stereocenters. The Morgan fingerprint density at radius 1 is 1.08 bits per heavy atom. The summed E-state index contributed by atoms with van der Waals surface area (Å²) in [6.45, 7) is 3.82. The zero-order valence-corrected chi connectivity index (χ0v) is 15.5. The minimum absolute atomic E-state index is 0.0103. The molecule has 0 heterocycles. The van der Waals surface area contributed by atoms with Crippen LogP contribution in [0.1, 0.15) is 24.2 Å². The van der Waals surface area contributed by atoms with Gasteiger partial charge < -0.3 is 10.1 Å². The van der Waals surface area contributed by atoms with Gasteiger partial charge in [-0.05, 0) is 50.2 Å². The van der Waals surface area contributed by atoms with Gasteiger partial charge in [0.05, 0.1) is 23.7 Å². The molecule has 134 valence electrons. The maximum atomic E-state index is 12.4. The first kappa shape index (κ1) is 18.8. The average molecular weight is 362 g/mol. The van der Waals surface area contributed by atoms with Crippen molar-refractivity contribution in [2.75, 3.05) is 22.9 Å². The molecule has 6 nitrogen and oxygen atoms in total. The van der Waals surface area contributed by atoms with Crippen molar-refractivity contribution in [2.45, 2.75) is 20.0 Å². The van der Waals surface area contributed by atoms with Gasteiger partial charge in [0.15, 0.2) is 0 Å². The van der Waals surface area contributed by atoms with Crippen molar-refractivity contribution in [1.29, 1.82) is 0 Å². The predicted molar refractivity (Wildman–Crippen MR) is 99.8 cm³/mol. The van der Waals surface area contributed by atoms with E-state index in [-0.39, 0.29) is 12.0 Å². The smallest absolute Gasteiger partial charge is 0.255 e. The molecule has 2 rings (SSSR count). The summed E-state index contributed by atoms with van der Waals surface area (Å²) in [7, 11) is -1.88. The molecule has 0 aromatic heterocycles. The van der Waals surface area contributed by atoms with Crippen LogP contribution in [-0.2, 0) is 10.0 Å². The van der Waals surface area contributed by atoms with E-state index in [2.05, 4.69) is 5.32 Å². The second-order valence-electron chi connectivity index (χ2n) is 5.89. The van der Waals surface area contributed by atoms with E-state index in [1.807, 2.05) is 26.0 Å². The van der Waals surface area contributed by atoms with Gasteiger partial charge in [-0.1, -0.05) is 12.1 Å². The Hall–Kier alpha value is -2.54. The first-order chi connectivity index (χ1) is 11.7. The van der Waals surface area contributed by atoms with Crippen molar-refractivity contribution in [1.82, 2.24) is 0 Å². The van der Waals surface area contributed by atoms with E-state index < -0.39 is 10.0 Å². The molecule has 0 radical (unpaired) electrons. The van der Waals surface area contributed by atoms with Crippen LogP contribution in [0.15, 0.2) is 48.5 Å². The summed E-state index contributed by atoms with van der Waals surface area (Å²) in [6.07, 6.45) is 1.11. The number of ether oxygens (including phenoxy) is 1. The summed E-state index contributed by atoms with van der Waals surface area (Å²) in [6, 6.07) is 13.5. The molecular weight excluding hydrogens is 340 g/mol. The van der Waals surface area contributed by atoms with Crippen LogP contribution in [0.4, 0.5) is 11.4 Å². The molecule has 0 aliphatic carbocycles. The lowest BCUT2D eigenvalue weighted by Crippen LogP contribution is -2.24. The van der Waals surface area contributed by atoms with Gasteiger partial charge in [0.1, 0.15) is 5.75 Å². The second-order valence-corrected chi connectivity index (χ2v) is 7.91. The number of carbonyl (C=O) groups excluding carboxylic acids is 1. The third-order valence-corrected chi connectivity index (χ3v) is 4.69. The molecular formula is C18H22N2O4S. The Bertz CT molecular complexity index is 846. The molecule has 0 atom stereocenters. The van der Waals surface area contributed by atoms with Crippen molar-refractivity contribution >= 4 is 27.3 Å². The van der Waals surface area contributed by atoms with Gasteiger partial charge in [0, 0.05) is 12.6 Å². The molecule has 1 amide bonds. The number of hydrogen-bond acceptors (Lipinski definition) is 4. The molecule has 0 saturated heterocycles. The maximum Gasteiger partial charge on any atom is 0.255 e. The highest BCUT2D eigenvalue weighted by atomic mass is 32.2. The van der Waals surface area contributed by atoms with Gasteiger partial charge in [0.25, 0.3) is 5.91 Å². The molecule has 1 N–H and O–H groups in total. The summed E-state index contributed by atoms with van der Waals surface area (Å²) in [4.78, 5) is 12.4. The Balaban J connectivity index is 2.17. The number of rotatable bonds is 6. The molecule has 0 saturated carbocycles. The van der Waals surface area contributed by atoms with Crippen molar-refractivity contribution in [3.63, 3.8) is 0 Å². The standard InChI is InChI=1S/C18H22N2O4S/c1-13(2)24-17-8-6-5-7-16(17)19-18(21)14-9-11-15(12-10-14)20(3)25(4,22)23/h5-13H,1-4H3,(H,19,21). The van der Waals surface area contributed by atoms with Crippen molar-refractivity contribution in [3.8, 4) is 5.75 Å². The fourth-order valence-corrected chi connectivity index (χ4v) is 2.64. The molecule has 7 heteroatoms. The number of nitrogens with zero attached hydrogens (tertiary/aromatic N) is 1. The first-order valence-corrected chi connectivity index (χ1v) is 9.64. The highest BCUT2D eigenvalue weighted by molar-refractivity contribution is 7.92. The van der Waals surface area contributed by atoms with Gasteiger partial charge in [-0.3, -0.25) is 9.10 Å². The lowest BCUT2D eigenvalue weighted by molar-refractivity contribution is 0.102. The van der Waals surface area contributed by atoms with Crippen molar-refractivity contribution in [3.05, 3.63) is 54.1 Å². The lowest BCUT2D eigenvalue weighted by atomic mass is 10.2. The average Bonchev–Trinajstić information content (AvgIpc) is 2.54. The van der Waals surface area contributed by atoms with Crippen LogP contribution in [0.2, 0.25) is 0 Å². The zero-order chi connectivity index (χ0) is 18.6. The minimum Gasteiger partial charge on any atom is -0.489 e. The number of anilines is 2. The number of para-hydroxylation sites is 2. The Labute approximate surface area is 148 Å². The Morgan fingerprint density at radius 3 is 2.24 bits per heavy atom. The van der Waals surface area contributed by atoms with E-state index >= 15 is 0 Å². The number of benzene rings is 2. The fourth-order valence-electron chi connectivity index (χ4n) is 2.14. The van der Waals surface area contributed by atoms with Crippen LogP contribution >= 0.6 is 0 Å². The molecule has 25 heavy (non-hydrogen) atoms. The molecule has 0 spiro atoms. The fraction of sp³-hybridized carbons (Fsp3) is 0.278. The zero-order valence-electron chi connectivity index (χ0n) is 14.7. The molecule has 0 bridgehead atoms. The van der Waals surface area contributed by atoms with E-state index in [0.29, 0.717) is 22.7 Å². The first-order valence-electron chi connectivity index (χ1n) is 7.79. The molecule has 2 aromatic carbocycles. The number of amides is 1. The molecule has 2 aromatic rings. The summed E-state index contributed by atoms with van der Waals surface area (Å²) in [5.41, 5.74) is 1.49. The molecule has 0 aliphatic heterocycles. The normalized spacial score (nSPS) is 11.2. The van der Waals surface area contributed by atoms with Crippen molar-refractivity contribution < 1.29 is 17.9 Å². The maximum absolute atomic E-state index is 12.4. The number of hydrogen-bond donors (Lipinski definition) is 1. The summed E-state index contributed by atoms with van der Waals surface area (Å²) in [5, 5.41) is 2.82. The monoisotopic (exact) mass is 362 g/mol. The van der Waals surface area contributed by atoms with Gasteiger partial charge in [-0.2, -0.15) is 0 Å². The highest BCUT2D eigenvalue weighted by Crippen LogP contribution is 2.25. The van der Waals surface area contributed by atoms with E-state index in [9.17, 15) is 13.2 Å². The summed E-state index contributed by atoms with van der Waals surface area (Å²) in [5.74, 6) is 0.299.